The van der Waals surface area contributed by atoms with Crippen LogP contribution in [0.1, 0.15) is 28.3 Å². The van der Waals surface area contributed by atoms with Gasteiger partial charge in [0.25, 0.3) is 0 Å². The maximum absolute atomic E-state index is 13.5. The fourth-order valence-electron chi connectivity index (χ4n) is 5.22. The third-order valence-corrected chi connectivity index (χ3v) is 6.22. The molecule has 1 unspecified atom stereocenters. The lowest BCUT2D eigenvalue weighted by Gasteiger charge is -2.29. The first-order valence-corrected chi connectivity index (χ1v) is 9.50. The minimum absolute atomic E-state index is 0.189. The van der Waals surface area contributed by atoms with Gasteiger partial charge in [-0.2, -0.15) is 5.26 Å². The average molecular weight is 370 g/mol. The van der Waals surface area contributed by atoms with Gasteiger partial charge in [-0.25, -0.2) is 4.90 Å². The molecule has 138 valence electrons. The molecule has 0 bridgehead atoms. The Morgan fingerprint density at radius 3 is 2.39 bits per heavy atom. The summed E-state index contributed by atoms with van der Waals surface area (Å²) >= 11 is 0. The van der Waals surface area contributed by atoms with Gasteiger partial charge in [0.1, 0.15) is 23.9 Å². The number of anilines is 1. The van der Waals surface area contributed by atoms with Crippen LogP contribution in [0, 0.1) is 37.0 Å². The van der Waals surface area contributed by atoms with Crippen molar-refractivity contribution in [2.75, 3.05) is 4.90 Å². The first-order chi connectivity index (χ1) is 13.5. The van der Waals surface area contributed by atoms with Crippen molar-refractivity contribution < 1.29 is 14.5 Å². The van der Waals surface area contributed by atoms with Gasteiger partial charge in [0.05, 0.1) is 11.9 Å². The number of quaternary nitrogens is 1. The number of hydrogen-bond acceptors (Lipinski definition) is 3. The number of carbonyl (C=O) groups is 2. The molecule has 3 aliphatic rings. The number of hydrogen-bond donors (Lipinski definition) is 1. The van der Waals surface area contributed by atoms with E-state index < -0.39 is 17.9 Å². The summed E-state index contributed by atoms with van der Waals surface area (Å²) in [6.07, 6.45) is 3.93. The largest absolute Gasteiger partial charge is 0.287 e. The molecule has 5 nitrogen and oxygen atoms in total. The van der Waals surface area contributed by atoms with Crippen molar-refractivity contribution in [1.82, 2.24) is 0 Å². The lowest BCUT2D eigenvalue weighted by Crippen LogP contribution is -3.10. The summed E-state index contributed by atoms with van der Waals surface area (Å²) in [5.74, 6) is -1.57. The molecule has 28 heavy (non-hydrogen) atoms. The lowest BCUT2D eigenvalue weighted by molar-refractivity contribution is -0.885. The predicted octanol–water partition coefficient (Wildman–Crippen LogP) is 1.93. The van der Waals surface area contributed by atoms with Crippen molar-refractivity contribution >= 4 is 23.6 Å². The van der Waals surface area contributed by atoms with Crippen LogP contribution in [0.5, 0.6) is 0 Å². The van der Waals surface area contributed by atoms with Crippen LogP contribution in [0.2, 0.25) is 0 Å². The Morgan fingerprint density at radius 1 is 1.00 bits per heavy atom. The summed E-state index contributed by atoms with van der Waals surface area (Å²) in [7, 11) is 0. The lowest BCUT2D eigenvalue weighted by atomic mass is 9.85. The Bertz CT molecular complexity index is 1080. The molecule has 0 aromatic heterocycles. The second-order valence-electron chi connectivity index (χ2n) is 7.96. The minimum atomic E-state index is -0.617. The molecule has 2 fully saturated rings. The van der Waals surface area contributed by atoms with E-state index in [0.717, 1.165) is 27.2 Å². The molecule has 0 spiro atoms. The Balaban J connectivity index is 1.65. The smallest absolute Gasteiger partial charge is 0.245 e. The van der Waals surface area contributed by atoms with Crippen LogP contribution in [0.4, 0.5) is 5.69 Å². The van der Waals surface area contributed by atoms with E-state index in [-0.39, 0.29) is 17.9 Å². The number of nitrogens with zero attached hydrogens (tertiary/aromatic N) is 2. The Hall–Kier alpha value is -3.23. The molecular weight excluding hydrogens is 350 g/mol. The number of nitriles is 1. The van der Waals surface area contributed by atoms with E-state index in [1.807, 2.05) is 68.6 Å². The van der Waals surface area contributed by atoms with E-state index in [1.165, 1.54) is 4.90 Å². The van der Waals surface area contributed by atoms with Crippen molar-refractivity contribution in [3.8, 4) is 6.07 Å². The molecule has 1 N–H and O–H groups in total. The van der Waals surface area contributed by atoms with Crippen LogP contribution in [-0.2, 0) is 9.59 Å². The SMILES string of the molecule is Cc1cc(C)cc(N2C(=O)[C@@H]3[C@H](C2=O)[C@H]2c4ccccc4C=C[NH+]2[C@@H]3C#N)c1. The molecule has 2 aromatic carbocycles. The second-order valence-corrected chi connectivity index (χ2v) is 7.96. The quantitative estimate of drug-likeness (QED) is 0.780. The van der Waals surface area contributed by atoms with E-state index in [0.29, 0.717) is 5.69 Å². The van der Waals surface area contributed by atoms with Gasteiger partial charge in [0.15, 0.2) is 6.04 Å². The summed E-state index contributed by atoms with van der Waals surface area (Å²) in [6, 6.07) is 15.2. The van der Waals surface area contributed by atoms with Crippen molar-refractivity contribution in [2.45, 2.75) is 25.9 Å². The normalized spacial score (nSPS) is 30.0. The number of amides is 2. The highest BCUT2D eigenvalue weighted by molar-refractivity contribution is 6.22. The Morgan fingerprint density at radius 2 is 1.68 bits per heavy atom. The van der Waals surface area contributed by atoms with E-state index >= 15 is 0 Å². The Kier molecular flexibility index (Phi) is 3.55. The molecule has 5 heteroatoms. The van der Waals surface area contributed by atoms with Gasteiger partial charge < -0.3 is 0 Å². The number of rotatable bonds is 1. The molecule has 0 aliphatic carbocycles. The molecule has 2 aromatic rings. The molecule has 3 heterocycles. The summed E-state index contributed by atoms with van der Waals surface area (Å²) < 4.78 is 0. The van der Waals surface area contributed by atoms with Gasteiger partial charge in [-0.3, -0.25) is 14.5 Å². The molecule has 0 saturated carbocycles. The van der Waals surface area contributed by atoms with E-state index in [9.17, 15) is 14.9 Å². The highest BCUT2D eigenvalue weighted by Gasteiger charge is 2.66. The van der Waals surface area contributed by atoms with Gasteiger partial charge in [-0.05, 0) is 48.7 Å². The van der Waals surface area contributed by atoms with Crippen molar-refractivity contribution in [2.24, 2.45) is 11.8 Å². The van der Waals surface area contributed by atoms with E-state index in [4.69, 9.17) is 0 Å². The third-order valence-electron chi connectivity index (χ3n) is 6.22. The number of aryl methyl sites for hydroxylation is 2. The van der Waals surface area contributed by atoms with Crippen molar-refractivity contribution in [3.63, 3.8) is 0 Å². The topological polar surface area (TPSA) is 65.6 Å². The zero-order chi connectivity index (χ0) is 19.6. The monoisotopic (exact) mass is 370 g/mol. The fourth-order valence-corrected chi connectivity index (χ4v) is 5.22. The number of carbonyl (C=O) groups excluding carboxylic acids is 2. The van der Waals surface area contributed by atoms with Crippen LogP contribution in [0.15, 0.2) is 48.7 Å². The number of benzene rings is 2. The number of imide groups is 1. The van der Waals surface area contributed by atoms with Crippen LogP contribution in [0.3, 0.4) is 0 Å². The van der Waals surface area contributed by atoms with Gasteiger partial charge >= 0.3 is 0 Å². The van der Waals surface area contributed by atoms with Crippen molar-refractivity contribution in [1.29, 1.82) is 5.26 Å². The van der Waals surface area contributed by atoms with Gasteiger partial charge in [-0.1, -0.05) is 30.3 Å². The molecule has 5 rings (SSSR count). The summed E-state index contributed by atoms with van der Waals surface area (Å²) in [5.41, 5.74) is 4.71. The summed E-state index contributed by atoms with van der Waals surface area (Å²) in [6.45, 7) is 3.91. The first kappa shape index (κ1) is 16.9. The third kappa shape index (κ3) is 2.15. The zero-order valence-electron chi connectivity index (χ0n) is 15.7. The molecule has 5 atom stereocenters. The van der Waals surface area contributed by atoms with Gasteiger partial charge in [-0.15, -0.1) is 0 Å². The van der Waals surface area contributed by atoms with E-state index in [1.54, 1.807) is 0 Å². The molecule has 3 aliphatic heterocycles. The summed E-state index contributed by atoms with van der Waals surface area (Å²) in [5, 5.41) is 9.86. The number of nitrogens with one attached hydrogen (secondary N) is 1. The molecule has 2 saturated heterocycles. The van der Waals surface area contributed by atoms with Crippen LogP contribution < -0.4 is 9.80 Å². The van der Waals surface area contributed by atoms with E-state index in [2.05, 4.69) is 6.07 Å². The van der Waals surface area contributed by atoms with Gasteiger partial charge in [0.2, 0.25) is 11.8 Å². The van der Waals surface area contributed by atoms with Crippen LogP contribution in [-0.4, -0.2) is 17.9 Å². The minimum Gasteiger partial charge on any atom is -0.287 e. The van der Waals surface area contributed by atoms with Gasteiger partial charge in [0, 0.05) is 5.56 Å². The van der Waals surface area contributed by atoms with Crippen LogP contribution in [0.25, 0.3) is 6.08 Å². The maximum atomic E-state index is 13.5. The van der Waals surface area contributed by atoms with Crippen molar-refractivity contribution in [3.05, 3.63) is 70.9 Å². The number of fused-ring (bicyclic) bond motifs is 5. The standard InChI is InChI=1S/C23H19N3O2/c1-13-9-14(2)11-16(10-13)26-22(27)19-18(12-24)25-8-7-15-5-3-4-6-17(15)21(25)20(19)23(26)28/h3-11,18-21H,1-2H3/p+1/t18-,19+,20+,21-/m1/s1. The second kappa shape index (κ2) is 5.88. The summed E-state index contributed by atoms with van der Waals surface area (Å²) in [4.78, 5) is 29.1. The maximum Gasteiger partial charge on any atom is 0.245 e. The molecule has 2 amide bonds. The molecule has 0 radical (unpaired) electrons. The Labute approximate surface area is 163 Å². The van der Waals surface area contributed by atoms with Crippen LogP contribution >= 0.6 is 0 Å². The predicted molar refractivity (Wildman–Crippen MR) is 104 cm³/mol. The highest BCUT2D eigenvalue weighted by Crippen LogP contribution is 2.44. The zero-order valence-corrected chi connectivity index (χ0v) is 15.7. The first-order valence-electron chi connectivity index (χ1n) is 9.50. The highest BCUT2D eigenvalue weighted by atomic mass is 16.2. The molecular formula is C23H20N3O2+. The average Bonchev–Trinajstić information content (AvgIpc) is 3.13. The fraction of sp³-hybridized carbons (Fsp3) is 0.261.